The highest BCUT2D eigenvalue weighted by Crippen LogP contribution is 2.33. The Morgan fingerprint density at radius 2 is 1.62 bits per heavy atom. The van der Waals surface area contributed by atoms with Gasteiger partial charge in [-0.1, -0.05) is 29.8 Å². The number of ether oxygens (including phenoxy) is 3. The summed E-state index contributed by atoms with van der Waals surface area (Å²) in [7, 11) is 1.39. The van der Waals surface area contributed by atoms with Crippen molar-refractivity contribution in [2.75, 3.05) is 26.9 Å². The highest BCUT2D eigenvalue weighted by molar-refractivity contribution is 6.32. The first-order chi connectivity index (χ1) is 10.0. The third kappa shape index (κ3) is 3.54. The number of hydrogen-bond acceptors (Lipinski definition) is 5. The Morgan fingerprint density at radius 3 is 2.05 bits per heavy atom. The zero-order valence-electron chi connectivity index (χ0n) is 12.3. The number of rotatable bonds is 7. The smallest absolute Gasteiger partial charge is 0.330 e. The zero-order chi connectivity index (χ0) is 15.9. The van der Waals surface area contributed by atoms with Crippen molar-refractivity contribution in [3.8, 4) is 0 Å². The van der Waals surface area contributed by atoms with Gasteiger partial charge < -0.3 is 14.2 Å². The van der Waals surface area contributed by atoms with E-state index in [-0.39, 0.29) is 24.8 Å². The van der Waals surface area contributed by atoms with Crippen LogP contribution < -0.4 is 0 Å². The van der Waals surface area contributed by atoms with Crippen LogP contribution in [0.25, 0.3) is 0 Å². The number of methoxy groups -OCH3 is 1. The quantitative estimate of drug-likeness (QED) is 0.571. The average molecular weight is 315 g/mol. The van der Waals surface area contributed by atoms with E-state index >= 15 is 0 Å². The van der Waals surface area contributed by atoms with Gasteiger partial charge in [-0.15, -0.1) is 0 Å². The van der Waals surface area contributed by atoms with Crippen molar-refractivity contribution in [1.82, 2.24) is 0 Å². The Morgan fingerprint density at radius 1 is 1.10 bits per heavy atom. The van der Waals surface area contributed by atoms with Crippen LogP contribution in [0.3, 0.4) is 0 Å². The van der Waals surface area contributed by atoms with Gasteiger partial charge in [-0.05, 0) is 19.9 Å². The molecule has 6 heteroatoms. The maximum atomic E-state index is 12.5. The molecule has 1 aromatic rings. The first-order valence-corrected chi connectivity index (χ1v) is 7.00. The second-order valence-electron chi connectivity index (χ2n) is 4.26. The van der Waals surface area contributed by atoms with E-state index in [1.54, 1.807) is 38.1 Å². The molecule has 5 nitrogen and oxygen atoms in total. The molecule has 116 valence electrons. The molecule has 0 amide bonds. The Kier molecular flexibility index (Phi) is 6.65. The van der Waals surface area contributed by atoms with Crippen molar-refractivity contribution in [3.63, 3.8) is 0 Å². The lowest BCUT2D eigenvalue weighted by Crippen LogP contribution is -2.50. The topological polar surface area (TPSA) is 61.8 Å². The van der Waals surface area contributed by atoms with E-state index in [4.69, 9.17) is 25.8 Å². The molecule has 0 fully saturated rings. The predicted octanol–water partition coefficient (Wildman–Crippen LogP) is 2.35. The van der Waals surface area contributed by atoms with Crippen molar-refractivity contribution >= 4 is 23.5 Å². The van der Waals surface area contributed by atoms with Gasteiger partial charge in [-0.3, -0.25) is 9.59 Å². The minimum Gasteiger partial charge on any atom is -0.465 e. The van der Waals surface area contributed by atoms with Crippen LogP contribution in [0, 0.1) is 0 Å². The Labute approximate surface area is 129 Å². The molecule has 0 aliphatic rings. The van der Waals surface area contributed by atoms with Crippen LogP contribution in [0.5, 0.6) is 0 Å². The highest BCUT2D eigenvalue weighted by Gasteiger charge is 2.52. The summed E-state index contributed by atoms with van der Waals surface area (Å²) >= 11 is 6.16. The minimum atomic E-state index is -1.72. The molecule has 0 bridgehead atoms. The van der Waals surface area contributed by atoms with Gasteiger partial charge in [-0.25, -0.2) is 0 Å². The predicted molar refractivity (Wildman–Crippen MR) is 78.3 cm³/mol. The molecule has 0 saturated carbocycles. The number of carbonyl (C=O) groups is 2. The van der Waals surface area contributed by atoms with E-state index in [0.717, 1.165) is 0 Å². The molecular weight excluding hydrogens is 296 g/mol. The molecule has 21 heavy (non-hydrogen) atoms. The first kappa shape index (κ1) is 17.5. The third-order valence-corrected chi connectivity index (χ3v) is 3.27. The summed E-state index contributed by atoms with van der Waals surface area (Å²) < 4.78 is 15.2. The molecule has 0 spiro atoms. The van der Waals surface area contributed by atoms with Crippen LogP contribution in [0.2, 0.25) is 5.02 Å². The number of halogens is 1. The number of esters is 2. The van der Waals surface area contributed by atoms with Crippen LogP contribution in [0.15, 0.2) is 24.3 Å². The fraction of sp³-hybridized carbons (Fsp3) is 0.467. The molecule has 0 saturated heterocycles. The van der Waals surface area contributed by atoms with Crippen molar-refractivity contribution in [2.24, 2.45) is 0 Å². The molecule has 1 aromatic carbocycles. The zero-order valence-corrected chi connectivity index (χ0v) is 13.1. The molecule has 0 N–H and O–H groups in total. The molecule has 0 heterocycles. The molecule has 1 rings (SSSR count). The molecule has 0 unspecified atom stereocenters. The number of hydrogen-bond donors (Lipinski definition) is 0. The lowest BCUT2D eigenvalue weighted by molar-refractivity contribution is -0.167. The van der Waals surface area contributed by atoms with E-state index < -0.39 is 17.4 Å². The SMILES string of the molecule is CCOC(=O)C(COC)(C(=O)OCC)c1ccccc1Cl. The van der Waals surface area contributed by atoms with Crippen LogP contribution in [0.4, 0.5) is 0 Å². The second-order valence-corrected chi connectivity index (χ2v) is 4.67. The second kappa shape index (κ2) is 8.00. The lowest BCUT2D eigenvalue weighted by Gasteiger charge is -2.29. The summed E-state index contributed by atoms with van der Waals surface area (Å²) in [6.07, 6.45) is 0. The normalized spacial score (nSPS) is 11.0. The number of benzene rings is 1. The Balaban J connectivity index is 3.47. The summed E-state index contributed by atoms with van der Waals surface area (Å²) in [5.41, 5.74) is -1.41. The lowest BCUT2D eigenvalue weighted by atomic mass is 9.81. The van der Waals surface area contributed by atoms with Crippen molar-refractivity contribution < 1.29 is 23.8 Å². The van der Waals surface area contributed by atoms with Crippen molar-refractivity contribution in [2.45, 2.75) is 19.3 Å². The van der Waals surface area contributed by atoms with Crippen molar-refractivity contribution in [1.29, 1.82) is 0 Å². The fourth-order valence-corrected chi connectivity index (χ4v) is 2.33. The van der Waals surface area contributed by atoms with E-state index in [0.29, 0.717) is 5.56 Å². The molecule has 0 atom stereocenters. The first-order valence-electron chi connectivity index (χ1n) is 6.62. The average Bonchev–Trinajstić information content (AvgIpc) is 2.46. The summed E-state index contributed by atoms with van der Waals surface area (Å²) in [6, 6.07) is 6.58. The van der Waals surface area contributed by atoms with E-state index in [2.05, 4.69) is 0 Å². The van der Waals surface area contributed by atoms with E-state index in [1.165, 1.54) is 7.11 Å². The largest absolute Gasteiger partial charge is 0.465 e. The summed E-state index contributed by atoms with van der Waals surface area (Å²) in [5, 5.41) is 0.274. The van der Waals surface area contributed by atoms with Gasteiger partial charge in [0.2, 0.25) is 5.41 Å². The van der Waals surface area contributed by atoms with Crippen LogP contribution in [-0.2, 0) is 29.2 Å². The summed E-state index contributed by atoms with van der Waals surface area (Å²) in [4.78, 5) is 24.9. The van der Waals surface area contributed by atoms with E-state index in [1.807, 2.05) is 0 Å². The maximum Gasteiger partial charge on any atom is 0.330 e. The van der Waals surface area contributed by atoms with Gasteiger partial charge in [-0.2, -0.15) is 0 Å². The van der Waals surface area contributed by atoms with E-state index in [9.17, 15) is 9.59 Å². The maximum absolute atomic E-state index is 12.5. The number of carbonyl (C=O) groups excluding carboxylic acids is 2. The van der Waals surface area contributed by atoms with Crippen molar-refractivity contribution in [3.05, 3.63) is 34.9 Å². The van der Waals surface area contributed by atoms with Crippen LogP contribution in [-0.4, -0.2) is 38.9 Å². The molecule has 0 radical (unpaired) electrons. The Hall–Kier alpha value is -1.59. The monoisotopic (exact) mass is 314 g/mol. The molecular formula is C15H19ClO5. The van der Waals surface area contributed by atoms with Crippen LogP contribution in [0.1, 0.15) is 19.4 Å². The molecule has 0 aliphatic carbocycles. The standard InChI is InChI=1S/C15H19ClO5/c1-4-20-13(17)15(10-19-3,14(18)21-5-2)11-8-6-7-9-12(11)16/h6-9H,4-5,10H2,1-3H3. The summed E-state index contributed by atoms with van der Waals surface area (Å²) in [6.45, 7) is 3.37. The van der Waals surface area contributed by atoms with Gasteiger partial charge in [0.25, 0.3) is 0 Å². The van der Waals surface area contributed by atoms with Gasteiger partial charge in [0.15, 0.2) is 0 Å². The summed E-state index contributed by atoms with van der Waals surface area (Å²) in [5.74, 6) is -1.48. The van der Waals surface area contributed by atoms with Gasteiger partial charge in [0.05, 0.1) is 19.8 Å². The third-order valence-electron chi connectivity index (χ3n) is 2.94. The highest BCUT2D eigenvalue weighted by atomic mass is 35.5. The van der Waals surface area contributed by atoms with Gasteiger partial charge in [0, 0.05) is 17.7 Å². The molecule has 0 aliphatic heterocycles. The Bertz CT molecular complexity index is 483. The van der Waals surface area contributed by atoms with Gasteiger partial charge >= 0.3 is 11.9 Å². The molecule has 0 aromatic heterocycles. The van der Waals surface area contributed by atoms with Gasteiger partial charge in [0.1, 0.15) is 0 Å². The minimum absolute atomic E-state index is 0.133. The fourth-order valence-electron chi connectivity index (χ4n) is 2.03. The van der Waals surface area contributed by atoms with Crippen LogP contribution >= 0.6 is 11.6 Å².